The van der Waals surface area contributed by atoms with Crippen LogP contribution in [0.4, 0.5) is 14.5 Å². The Morgan fingerprint density at radius 3 is 2.50 bits per heavy atom. The molecule has 1 heterocycles. The topological polar surface area (TPSA) is 68.0 Å². The summed E-state index contributed by atoms with van der Waals surface area (Å²) in [4.78, 5) is 15.9. The van der Waals surface area contributed by atoms with Gasteiger partial charge in [0.25, 0.3) is 0 Å². The number of para-hydroxylation sites is 1. The number of benzene rings is 2. The minimum atomic E-state index is -0.509. The lowest BCUT2D eigenvalue weighted by molar-refractivity contribution is -0.116. The van der Waals surface area contributed by atoms with Gasteiger partial charge in [0.05, 0.1) is 11.3 Å². The molecule has 0 atom stereocenters. The molecule has 1 amide bonds. The Labute approximate surface area is 136 Å². The fourth-order valence-electron chi connectivity index (χ4n) is 2.10. The number of rotatable bonds is 5. The Morgan fingerprint density at radius 1 is 1.04 bits per heavy atom. The van der Waals surface area contributed by atoms with Crippen LogP contribution in [0.25, 0.3) is 11.4 Å². The molecule has 0 fully saturated rings. The third-order valence-corrected chi connectivity index (χ3v) is 3.30. The van der Waals surface area contributed by atoms with Gasteiger partial charge in [-0.1, -0.05) is 29.4 Å². The van der Waals surface area contributed by atoms with Crippen LogP contribution in [0.3, 0.4) is 0 Å². The number of hydrogen-bond donors (Lipinski definition) is 1. The van der Waals surface area contributed by atoms with Crippen LogP contribution in [0.15, 0.2) is 53.1 Å². The molecule has 0 bridgehead atoms. The molecule has 122 valence electrons. The number of hydrogen-bond acceptors (Lipinski definition) is 4. The zero-order chi connectivity index (χ0) is 16.9. The van der Waals surface area contributed by atoms with Gasteiger partial charge in [-0.15, -0.1) is 0 Å². The van der Waals surface area contributed by atoms with Crippen molar-refractivity contribution in [3.8, 4) is 11.4 Å². The molecule has 0 aliphatic rings. The molecular weight excluding hydrogens is 316 g/mol. The van der Waals surface area contributed by atoms with E-state index in [0.717, 1.165) is 0 Å². The molecular formula is C17H13F2N3O2. The van der Waals surface area contributed by atoms with Crippen molar-refractivity contribution in [1.29, 1.82) is 0 Å². The molecule has 0 unspecified atom stereocenters. The minimum absolute atomic E-state index is 0.0350. The van der Waals surface area contributed by atoms with Crippen LogP contribution in [0, 0.1) is 11.6 Å². The number of anilines is 1. The number of carbonyl (C=O) groups excluding carboxylic acids is 1. The van der Waals surface area contributed by atoms with Gasteiger partial charge in [0.15, 0.2) is 0 Å². The second kappa shape index (κ2) is 6.99. The molecule has 5 nitrogen and oxygen atoms in total. The van der Waals surface area contributed by atoms with Crippen molar-refractivity contribution in [3.63, 3.8) is 0 Å². The van der Waals surface area contributed by atoms with E-state index < -0.39 is 11.6 Å². The van der Waals surface area contributed by atoms with Crippen molar-refractivity contribution in [2.75, 3.05) is 5.32 Å². The highest BCUT2D eigenvalue weighted by Crippen LogP contribution is 2.19. The molecule has 3 aromatic rings. The van der Waals surface area contributed by atoms with E-state index in [0.29, 0.717) is 0 Å². The molecule has 0 aliphatic heterocycles. The van der Waals surface area contributed by atoms with E-state index in [4.69, 9.17) is 4.52 Å². The average Bonchev–Trinajstić information content (AvgIpc) is 3.04. The molecule has 0 aliphatic carbocycles. The molecule has 1 aromatic heterocycles. The maximum absolute atomic E-state index is 13.7. The van der Waals surface area contributed by atoms with Crippen molar-refractivity contribution in [1.82, 2.24) is 10.1 Å². The molecule has 0 saturated carbocycles. The summed E-state index contributed by atoms with van der Waals surface area (Å²) < 4.78 is 32.1. The summed E-state index contributed by atoms with van der Waals surface area (Å²) in [5.74, 6) is -1.02. The molecule has 7 heteroatoms. The van der Waals surface area contributed by atoms with Crippen LogP contribution in [0.1, 0.15) is 12.3 Å². The highest BCUT2D eigenvalue weighted by molar-refractivity contribution is 5.90. The number of aromatic nitrogens is 2. The largest absolute Gasteiger partial charge is 0.339 e. The normalized spacial score (nSPS) is 10.6. The third kappa shape index (κ3) is 3.62. The Kier molecular flexibility index (Phi) is 4.60. The van der Waals surface area contributed by atoms with Gasteiger partial charge in [0, 0.05) is 12.8 Å². The molecule has 3 rings (SSSR count). The third-order valence-electron chi connectivity index (χ3n) is 3.30. The van der Waals surface area contributed by atoms with E-state index in [-0.39, 0.29) is 41.7 Å². The van der Waals surface area contributed by atoms with Gasteiger partial charge < -0.3 is 9.84 Å². The molecule has 0 radical (unpaired) electrons. The van der Waals surface area contributed by atoms with Crippen molar-refractivity contribution in [2.45, 2.75) is 12.8 Å². The number of nitrogens with zero attached hydrogens (tertiary/aromatic N) is 2. The molecule has 2 aromatic carbocycles. The summed E-state index contributed by atoms with van der Waals surface area (Å²) in [6.45, 7) is 0. The Hall–Kier alpha value is -3.09. The van der Waals surface area contributed by atoms with Crippen LogP contribution >= 0.6 is 0 Å². The second-order valence-corrected chi connectivity index (χ2v) is 5.02. The van der Waals surface area contributed by atoms with Crippen LogP contribution in [-0.2, 0) is 11.2 Å². The SMILES string of the molecule is O=C(CCc1nc(-c2ccccc2F)no1)Nc1ccccc1F. The van der Waals surface area contributed by atoms with E-state index in [1.165, 1.54) is 30.3 Å². The van der Waals surface area contributed by atoms with Gasteiger partial charge in [0.1, 0.15) is 11.6 Å². The van der Waals surface area contributed by atoms with Crippen molar-refractivity contribution < 1.29 is 18.1 Å². The first-order chi connectivity index (χ1) is 11.6. The predicted molar refractivity (Wildman–Crippen MR) is 83.0 cm³/mol. The summed E-state index contributed by atoms with van der Waals surface area (Å²) in [7, 11) is 0. The lowest BCUT2D eigenvalue weighted by atomic mass is 10.2. The Balaban J connectivity index is 1.61. The van der Waals surface area contributed by atoms with Crippen LogP contribution < -0.4 is 5.32 Å². The number of amides is 1. The molecule has 24 heavy (non-hydrogen) atoms. The first kappa shape index (κ1) is 15.8. The van der Waals surface area contributed by atoms with E-state index >= 15 is 0 Å². The Bertz CT molecular complexity index is 864. The van der Waals surface area contributed by atoms with Gasteiger partial charge in [0.2, 0.25) is 17.6 Å². The van der Waals surface area contributed by atoms with Gasteiger partial charge in [-0.3, -0.25) is 4.79 Å². The number of nitrogens with one attached hydrogen (secondary N) is 1. The lowest BCUT2D eigenvalue weighted by Crippen LogP contribution is -2.13. The summed E-state index contributed by atoms with van der Waals surface area (Å²) >= 11 is 0. The van der Waals surface area contributed by atoms with E-state index in [1.54, 1.807) is 18.2 Å². The number of aryl methyl sites for hydroxylation is 1. The molecule has 1 N–H and O–H groups in total. The highest BCUT2D eigenvalue weighted by Gasteiger charge is 2.14. The van der Waals surface area contributed by atoms with Crippen LogP contribution in [0.5, 0.6) is 0 Å². The monoisotopic (exact) mass is 329 g/mol. The summed E-state index contributed by atoms with van der Waals surface area (Å²) in [6, 6.07) is 11.9. The minimum Gasteiger partial charge on any atom is -0.339 e. The zero-order valence-corrected chi connectivity index (χ0v) is 12.5. The van der Waals surface area contributed by atoms with Gasteiger partial charge in [-0.2, -0.15) is 4.98 Å². The van der Waals surface area contributed by atoms with Gasteiger partial charge in [-0.05, 0) is 24.3 Å². The number of carbonyl (C=O) groups is 1. The molecule has 0 saturated heterocycles. The quantitative estimate of drug-likeness (QED) is 0.777. The highest BCUT2D eigenvalue weighted by atomic mass is 19.1. The zero-order valence-electron chi connectivity index (χ0n) is 12.5. The first-order valence-electron chi connectivity index (χ1n) is 7.25. The van der Waals surface area contributed by atoms with Gasteiger partial charge in [-0.25, -0.2) is 8.78 Å². The maximum atomic E-state index is 13.7. The summed E-state index contributed by atoms with van der Waals surface area (Å²) in [5, 5.41) is 6.17. The van der Waals surface area contributed by atoms with Crippen LogP contribution in [0.2, 0.25) is 0 Å². The van der Waals surface area contributed by atoms with Crippen molar-refractivity contribution >= 4 is 11.6 Å². The van der Waals surface area contributed by atoms with Crippen molar-refractivity contribution in [2.24, 2.45) is 0 Å². The molecule has 0 spiro atoms. The smallest absolute Gasteiger partial charge is 0.227 e. The number of halogens is 2. The summed E-state index contributed by atoms with van der Waals surface area (Å²) in [5.41, 5.74) is 0.336. The van der Waals surface area contributed by atoms with E-state index in [1.807, 2.05) is 0 Å². The predicted octanol–water partition coefficient (Wildman–Crippen LogP) is 3.59. The van der Waals surface area contributed by atoms with Gasteiger partial charge >= 0.3 is 0 Å². The fourth-order valence-corrected chi connectivity index (χ4v) is 2.10. The van der Waals surface area contributed by atoms with Crippen LogP contribution in [-0.4, -0.2) is 16.0 Å². The van der Waals surface area contributed by atoms with E-state index in [9.17, 15) is 13.6 Å². The standard InChI is InChI=1S/C17H13F2N3O2/c18-12-6-2-1-5-11(12)17-21-16(24-22-17)10-9-15(23)20-14-8-4-3-7-13(14)19/h1-8H,9-10H2,(H,20,23). The lowest BCUT2D eigenvalue weighted by Gasteiger charge is -2.04. The van der Waals surface area contributed by atoms with Crippen molar-refractivity contribution in [3.05, 3.63) is 66.1 Å². The van der Waals surface area contributed by atoms with E-state index in [2.05, 4.69) is 15.5 Å². The average molecular weight is 329 g/mol. The summed E-state index contributed by atoms with van der Waals surface area (Å²) in [6.07, 6.45) is 0.203. The maximum Gasteiger partial charge on any atom is 0.227 e. The first-order valence-corrected chi connectivity index (χ1v) is 7.25. The Morgan fingerprint density at radius 2 is 1.75 bits per heavy atom. The second-order valence-electron chi connectivity index (χ2n) is 5.02. The fraction of sp³-hybridized carbons (Fsp3) is 0.118.